The van der Waals surface area contributed by atoms with Crippen LogP contribution >= 0.6 is 0 Å². The Balaban J connectivity index is 2.30. The summed E-state index contributed by atoms with van der Waals surface area (Å²) in [6.45, 7) is 9.35. The van der Waals surface area contributed by atoms with Crippen LogP contribution in [-0.2, 0) is 0 Å². The molecular formula is C21H26F2N2O. The molecule has 0 spiro atoms. The molecule has 0 saturated carbocycles. The maximum absolute atomic E-state index is 14.3. The predicted molar refractivity (Wildman–Crippen MR) is 101 cm³/mol. The molecule has 26 heavy (non-hydrogen) atoms. The molecule has 0 aliphatic heterocycles. The van der Waals surface area contributed by atoms with Gasteiger partial charge in [0.1, 0.15) is 17.2 Å². The van der Waals surface area contributed by atoms with Crippen LogP contribution < -0.4 is 5.32 Å². The number of nitrogens with one attached hydrogen (secondary N) is 1. The number of halogens is 2. The number of benzene rings is 1. The number of rotatable bonds is 6. The SMILES string of the molecule is CC(C)=C(F)CC(C)(CC(C)C)NC(=O)c1cnc2c(F)cccc2c1. The van der Waals surface area contributed by atoms with E-state index in [4.69, 9.17) is 0 Å². The topological polar surface area (TPSA) is 42.0 Å². The number of nitrogens with zero attached hydrogens (tertiary/aromatic N) is 1. The molecule has 2 rings (SSSR count). The van der Waals surface area contributed by atoms with Crippen LogP contribution in [0.25, 0.3) is 10.9 Å². The Bertz CT molecular complexity index is 841. The summed E-state index contributed by atoms with van der Waals surface area (Å²) in [5, 5.41) is 3.51. The highest BCUT2D eigenvalue weighted by Gasteiger charge is 2.30. The van der Waals surface area contributed by atoms with Crippen molar-refractivity contribution in [1.82, 2.24) is 10.3 Å². The number of fused-ring (bicyclic) bond motifs is 1. The number of hydrogen-bond acceptors (Lipinski definition) is 2. The van der Waals surface area contributed by atoms with Crippen molar-refractivity contribution in [2.75, 3.05) is 0 Å². The standard InChI is InChI=1S/C21H26F2N2O/c1-13(2)10-21(5,11-18(23)14(3)4)25-20(26)16-9-15-7-6-8-17(22)19(15)24-12-16/h6-9,12-13H,10-11H2,1-5H3,(H,25,26). The number of carbonyl (C=O) groups excluding carboxylic acids is 1. The fourth-order valence-electron chi connectivity index (χ4n) is 3.18. The molecule has 5 heteroatoms. The molecule has 1 aromatic heterocycles. The molecule has 0 aliphatic carbocycles. The minimum Gasteiger partial charge on any atom is -0.346 e. The summed E-state index contributed by atoms with van der Waals surface area (Å²) in [5.74, 6) is -0.695. The molecule has 0 aliphatic rings. The zero-order valence-electron chi connectivity index (χ0n) is 16.0. The second kappa shape index (κ2) is 7.94. The van der Waals surface area contributed by atoms with Crippen molar-refractivity contribution in [3.63, 3.8) is 0 Å². The van der Waals surface area contributed by atoms with Crippen molar-refractivity contribution in [1.29, 1.82) is 0 Å². The van der Waals surface area contributed by atoms with Crippen molar-refractivity contribution < 1.29 is 13.6 Å². The van der Waals surface area contributed by atoms with Crippen LogP contribution in [-0.4, -0.2) is 16.4 Å². The average Bonchev–Trinajstić information content (AvgIpc) is 2.53. The minimum absolute atomic E-state index is 0.134. The molecule has 0 fully saturated rings. The highest BCUT2D eigenvalue weighted by molar-refractivity contribution is 5.97. The Morgan fingerprint density at radius 2 is 2.00 bits per heavy atom. The monoisotopic (exact) mass is 360 g/mol. The Hall–Kier alpha value is -2.30. The lowest BCUT2D eigenvalue weighted by molar-refractivity contribution is 0.0890. The van der Waals surface area contributed by atoms with Gasteiger partial charge in [-0.25, -0.2) is 8.78 Å². The van der Waals surface area contributed by atoms with Crippen LogP contribution in [0.3, 0.4) is 0 Å². The molecule has 1 heterocycles. The molecule has 1 amide bonds. The Labute approximate surface area is 153 Å². The molecule has 1 unspecified atom stereocenters. The molecule has 0 radical (unpaired) electrons. The van der Waals surface area contributed by atoms with Gasteiger partial charge in [0.2, 0.25) is 0 Å². The lowest BCUT2D eigenvalue weighted by Crippen LogP contribution is -2.47. The third-order valence-corrected chi connectivity index (χ3v) is 4.29. The first-order chi connectivity index (χ1) is 12.1. The van der Waals surface area contributed by atoms with E-state index < -0.39 is 11.4 Å². The van der Waals surface area contributed by atoms with Crippen LogP contribution in [0.15, 0.2) is 41.9 Å². The van der Waals surface area contributed by atoms with Crippen molar-refractivity contribution in [2.24, 2.45) is 5.92 Å². The van der Waals surface area contributed by atoms with Crippen molar-refractivity contribution >= 4 is 16.8 Å². The van der Waals surface area contributed by atoms with Crippen molar-refractivity contribution in [3.05, 3.63) is 53.2 Å². The van der Waals surface area contributed by atoms with Crippen molar-refractivity contribution in [2.45, 2.75) is 53.0 Å². The second-order valence-electron chi connectivity index (χ2n) is 7.73. The third-order valence-electron chi connectivity index (χ3n) is 4.29. The van der Waals surface area contributed by atoms with Gasteiger partial charge in [0.25, 0.3) is 5.91 Å². The van der Waals surface area contributed by atoms with Gasteiger partial charge in [0.05, 0.1) is 5.56 Å². The van der Waals surface area contributed by atoms with Gasteiger partial charge in [-0.15, -0.1) is 0 Å². The van der Waals surface area contributed by atoms with Gasteiger partial charge in [0.15, 0.2) is 0 Å². The summed E-state index contributed by atoms with van der Waals surface area (Å²) in [6, 6.07) is 6.22. The molecule has 0 bridgehead atoms. The highest BCUT2D eigenvalue weighted by atomic mass is 19.1. The Morgan fingerprint density at radius 3 is 2.62 bits per heavy atom. The second-order valence-corrected chi connectivity index (χ2v) is 7.73. The van der Waals surface area contributed by atoms with Crippen LogP contribution in [0.5, 0.6) is 0 Å². The summed E-state index contributed by atoms with van der Waals surface area (Å²) >= 11 is 0. The van der Waals surface area contributed by atoms with Gasteiger partial charge >= 0.3 is 0 Å². The van der Waals surface area contributed by atoms with E-state index in [1.807, 2.05) is 20.8 Å². The number of amides is 1. The molecule has 1 atom stereocenters. The number of allylic oxidation sites excluding steroid dienone is 1. The van der Waals surface area contributed by atoms with E-state index in [9.17, 15) is 13.6 Å². The molecule has 3 nitrogen and oxygen atoms in total. The maximum Gasteiger partial charge on any atom is 0.253 e. The van der Waals surface area contributed by atoms with Gasteiger partial charge in [-0.3, -0.25) is 9.78 Å². The minimum atomic E-state index is -0.719. The lowest BCUT2D eigenvalue weighted by Gasteiger charge is -2.32. The van der Waals surface area contributed by atoms with Gasteiger partial charge in [0, 0.05) is 23.5 Å². The first kappa shape index (κ1) is 20.0. The van der Waals surface area contributed by atoms with Crippen LogP contribution in [0.4, 0.5) is 8.78 Å². The summed E-state index contributed by atoms with van der Waals surface area (Å²) in [5.41, 5.74) is 0.445. The summed E-state index contributed by atoms with van der Waals surface area (Å²) < 4.78 is 28.0. The molecule has 1 aromatic carbocycles. The first-order valence-electron chi connectivity index (χ1n) is 8.80. The first-order valence-corrected chi connectivity index (χ1v) is 8.80. The van der Waals surface area contributed by atoms with Crippen LogP contribution in [0, 0.1) is 11.7 Å². The van der Waals surface area contributed by atoms with Gasteiger partial charge in [-0.2, -0.15) is 0 Å². The number of aromatic nitrogens is 1. The smallest absolute Gasteiger partial charge is 0.253 e. The lowest BCUT2D eigenvalue weighted by atomic mass is 9.86. The van der Waals surface area contributed by atoms with E-state index in [2.05, 4.69) is 10.3 Å². The van der Waals surface area contributed by atoms with E-state index in [0.717, 1.165) is 0 Å². The van der Waals surface area contributed by atoms with E-state index in [1.54, 1.807) is 32.0 Å². The fourth-order valence-corrected chi connectivity index (χ4v) is 3.18. The summed E-state index contributed by atoms with van der Waals surface area (Å²) in [6.07, 6.45) is 2.12. The van der Waals surface area contributed by atoms with E-state index in [0.29, 0.717) is 22.9 Å². The third kappa shape index (κ3) is 4.87. The summed E-state index contributed by atoms with van der Waals surface area (Å²) in [4.78, 5) is 16.8. The van der Waals surface area contributed by atoms with E-state index >= 15 is 0 Å². The zero-order chi connectivity index (χ0) is 19.5. The molecular weight excluding hydrogens is 334 g/mol. The van der Waals surface area contributed by atoms with Crippen LogP contribution in [0.1, 0.15) is 57.8 Å². The van der Waals surface area contributed by atoms with E-state index in [-0.39, 0.29) is 29.6 Å². The van der Waals surface area contributed by atoms with Crippen LogP contribution in [0.2, 0.25) is 0 Å². The summed E-state index contributed by atoms with van der Waals surface area (Å²) in [7, 11) is 0. The van der Waals surface area contributed by atoms with Crippen molar-refractivity contribution in [3.8, 4) is 0 Å². The fraction of sp³-hybridized carbons (Fsp3) is 0.429. The molecule has 0 saturated heterocycles. The number of hydrogen-bond donors (Lipinski definition) is 1. The number of carbonyl (C=O) groups is 1. The normalized spacial score (nSPS) is 13.5. The quantitative estimate of drug-likeness (QED) is 0.732. The average molecular weight is 360 g/mol. The largest absolute Gasteiger partial charge is 0.346 e. The van der Waals surface area contributed by atoms with Gasteiger partial charge in [-0.05, 0) is 50.8 Å². The molecule has 2 aromatic rings. The predicted octanol–water partition coefficient (Wildman–Crippen LogP) is 5.56. The van der Waals surface area contributed by atoms with Gasteiger partial charge in [-0.1, -0.05) is 26.0 Å². The zero-order valence-corrected chi connectivity index (χ0v) is 16.0. The van der Waals surface area contributed by atoms with E-state index in [1.165, 1.54) is 12.3 Å². The highest BCUT2D eigenvalue weighted by Crippen LogP contribution is 2.27. The number of para-hydroxylation sites is 1. The molecule has 140 valence electrons. The Kier molecular flexibility index (Phi) is 6.11. The van der Waals surface area contributed by atoms with Gasteiger partial charge < -0.3 is 5.32 Å². The Morgan fingerprint density at radius 1 is 1.31 bits per heavy atom. The number of pyridine rings is 1. The maximum atomic E-state index is 14.3. The molecule has 1 N–H and O–H groups in total.